The first kappa shape index (κ1) is 19.2. The summed E-state index contributed by atoms with van der Waals surface area (Å²) in [5.74, 6) is 0.401. The van der Waals surface area contributed by atoms with Gasteiger partial charge in [-0.05, 0) is 60.4 Å². The maximum atomic E-state index is 12.8. The lowest BCUT2D eigenvalue weighted by molar-refractivity contribution is 0.103. The molecule has 1 amide bonds. The largest absolute Gasteiger partial charge is 0.397 e. The van der Waals surface area contributed by atoms with Gasteiger partial charge in [-0.15, -0.1) is 11.3 Å². The summed E-state index contributed by atoms with van der Waals surface area (Å²) >= 11 is 7.36. The minimum absolute atomic E-state index is 0.228. The standard InChI is InChI=1S/C22H24ClN3OS/c1-22(2,3)13-7-8-17-12(9-13)10-16-18(24)19(28-21(16)26-17)20(27)25-15-6-4-5-14(23)11-15/h4-6,10-11,13H,7-9,24H2,1-3H3,(H,25,27). The van der Waals surface area contributed by atoms with Crippen LogP contribution in [0.15, 0.2) is 30.3 Å². The third-order valence-corrected chi connectivity index (χ3v) is 6.95. The Morgan fingerprint density at radius 3 is 2.82 bits per heavy atom. The summed E-state index contributed by atoms with van der Waals surface area (Å²) in [6.45, 7) is 6.89. The average molecular weight is 414 g/mol. The van der Waals surface area contributed by atoms with Gasteiger partial charge in [-0.2, -0.15) is 0 Å². The van der Waals surface area contributed by atoms with Crippen molar-refractivity contribution in [3.63, 3.8) is 0 Å². The van der Waals surface area contributed by atoms with E-state index in [4.69, 9.17) is 22.3 Å². The van der Waals surface area contributed by atoms with Gasteiger partial charge in [0.05, 0.1) is 5.69 Å². The molecule has 0 bridgehead atoms. The number of amides is 1. The Morgan fingerprint density at radius 2 is 2.11 bits per heavy atom. The summed E-state index contributed by atoms with van der Waals surface area (Å²) in [7, 11) is 0. The van der Waals surface area contributed by atoms with E-state index in [1.165, 1.54) is 16.9 Å². The second-order valence-electron chi connectivity index (χ2n) is 8.56. The fourth-order valence-corrected chi connectivity index (χ4v) is 5.03. The number of rotatable bonds is 2. The summed E-state index contributed by atoms with van der Waals surface area (Å²) in [6.07, 6.45) is 3.15. The molecule has 0 aliphatic heterocycles. The van der Waals surface area contributed by atoms with Crippen molar-refractivity contribution >= 4 is 50.4 Å². The van der Waals surface area contributed by atoms with E-state index in [0.29, 0.717) is 27.2 Å². The SMILES string of the molecule is CC(C)(C)C1CCc2nc3sc(C(=O)Nc4cccc(Cl)c4)c(N)c3cc2C1. The van der Waals surface area contributed by atoms with Crippen LogP contribution in [-0.2, 0) is 12.8 Å². The topological polar surface area (TPSA) is 68.0 Å². The van der Waals surface area contributed by atoms with Crippen LogP contribution in [0.2, 0.25) is 5.02 Å². The molecule has 3 aromatic rings. The molecule has 4 rings (SSSR count). The second-order valence-corrected chi connectivity index (χ2v) is 10.00. The maximum Gasteiger partial charge on any atom is 0.267 e. The number of carbonyl (C=O) groups is 1. The lowest BCUT2D eigenvalue weighted by atomic mass is 9.71. The third kappa shape index (κ3) is 3.61. The number of pyridine rings is 1. The number of carbonyl (C=O) groups excluding carboxylic acids is 1. The van der Waals surface area contributed by atoms with E-state index < -0.39 is 0 Å². The van der Waals surface area contributed by atoms with Crippen LogP contribution in [0.3, 0.4) is 0 Å². The molecule has 3 N–H and O–H groups in total. The number of aryl methyl sites for hydroxylation is 1. The van der Waals surface area contributed by atoms with Crippen molar-refractivity contribution < 1.29 is 4.79 Å². The molecule has 1 aliphatic rings. The molecular formula is C22H24ClN3OS. The van der Waals surface area contributed by atoms with Crippen molar-refractivity contribution in [2.45, 2.75) is 40.0 Å². The van der Waals surface area contributed by atoms with Gasteiger partial charge in [0.15, 0.2) is 0 Å². The number of halogens is 1. The molecule has 2 aromatic heterocycles. The predicted octanol–water partition coefficient (Wildman–Crippen LogP) is 5.94. The molecule has 1 aliphatic carbocycles. The highest BCUT2D eigenvalue weighted by atomic mass is 35.5. The van der Waals surface area contributed by atoms with Crippen molar-refractivity contribution in [1.29, 1.82) is 0 Å². The summed E-state index contributed by atoms with van der Waals surface area (Å²) in [6, 6.07) is 9.23. The quantitative estimate of drug-likeness (QED) is 0.546. The molecule has 0 saturated carbocycles. The minimum atomic E-state index is -0.228. The number of anilines is 2. The van der Waals surface area contributed by atoms with E-state index in [9.17, 15) is 4.79 Å². The van der Waals surface area contributed by atoms with E-state index in [1.807, 2.05) is 0 Å². The first-order valence-electron chi connectivity index (χ1n) is 9.50. The molecule has 28 heavy (non-hydrogen) atoms. The van der Waals surface area contributed by atoms with Crippen LogP contribution in [0.4, 0.5) is 11.4 Å². The smallest absolute Gasteiger partial charge is 0.267 e. The number of nitrogen functional groups attached to an aromatic ring is 1. The van der Waals surface area contributed by atoms with Gasteiger partial charge in [0, 0.05) is 21.8 Å². The van der Waals surface area contributed by atoms with Crippen LogP contribution >= 0.6 is 22.9 Å². The van der Waals surface area contributed by atoms with Crippen LogP contribution in [-0.4, -0.2) is 10.9 Å². The van der Waals surface area contributed by atoms with E-state index in [1.54, 1.807) is 24.3 Å². The molecule has 4 nitrogen and oxygen atoms in total. The third-order valence-electron chi connectivity index (χ3n) is 5.60. The van der Waals surface area contributed by atoms with Gasteiger partial charge in [0.25, 0.3) is 5.91 Å². The molecule has 0 fully saturated rings. The monoisotopic (exact) mass is 413 g/mol. The molecule has 1 unspecified atom stereocenters. The maximum absolute atomic E-state index is 12.8. The lowest BCUT2D eigenvalue weighted by Crippen LogP contribution is -2.27. The Bertz CT molecular complexity index is 1070. The summed E-state index contributed by atoms with van der Waals surface area (Å²) < 4.78 is 0. The Hall–Kier alpha value is -2.11. The first-order chi connectivity index (χ1) is 13.2. The van der Waals surface area contributed by atoms with E-state index in [-0.39, 0.29) is 11.3 Å². The molecule has 2 heterocycles. The van der Waals surface area contributed by atoms with Crippen LogP contribution < -0.4 is 11.1 Å². The molecule has 146 valence electrons. The molecule has 0 spiro atoms. The highest BCUT2D eigenvalue weighted by molar-refractivity contribution is 7.21. The van der Waals surface area contributed by atoms with Crippen molar-refractivity contribution in [2.24, 2.45) is 11.3 Å². The zero-order valence-corrected chi connectivity index (χ0v) is 17.9. The van der Waals surface area contributed by atoms with Crippen molar-refractivity contribution in [2.75, 3.05) is 11.1 Å². The highest BCUT2D eigenvalue weighted by Crippen LogP contribution is 2.40. The number of nitrogens with two attached hydrogens (primary N) is 1. The second kappa shape index (κ2) is 7.05. The Morgan fingerprint density at radius 1 is 1.32 bits per heavy atom. The average Bonchev–Trinajstić information content (AvgIpc) is 2.95. The number of aromatic nitrogens is 1. The number of nitrogens with one attached hydrogen (secondary N) is 1. The van der Waals surface area contributed by atoms with E-state index in [2.05, 4.69) is 32.2 Å². The van der Waals surface area contributed by atoms with Gasteiger partial charge >= 0.3 is 0 Å². The van der Waals surface area contributed by atoms with Gasteiger partial charge in [-0.1, -0.05) is 38.4 Å². The molecule has 1 atom stereocenters. The van der Waals surface area contributed by atoms with Crippen LogP contribution in [0.5, 0.6) is 0 Å². The van der Waals surface area contributed by atoms with Gasteiger partial charge in [-0.3, -0.25) is 4.79 Å². The summed E-state index contributed by atoms with van der Waals surface area (Å²) in [5.41, 5.74) is 10.2. The number of hydrogen-bond donors (Lipinski definition) is 2. The highest BCUT2D eigenvalue weighted by Gasteiger charge is 2.30. The minimum Gasteiger partial charge on any atom is -0.397 e. The van der Waals surface area contributed by atoms with E-state index >= 15 is 0 Å². The lowest BCUT2D eigenvalue weighted by Gasteiger charge is -2.34. The number of benzene rings is 1. The van der Waals surface area contributed by atoms with Gasteiger partial charge < -0.3 is 11.1 Å². The van der Waals surface area contributed by atoms with Crippen LogP contribution in [0.1, 0.15) is 48.1 Å². The summed E-state index contributed by atoms with van der Waals surface area (Å²) in [4.78, 5) is 19.0. The molecule has 1 aromatic carbocycles. The predicted molar refractivity (Wildman–Crippen MR) is 118 cm³/mol. The van der Waals surface area contributed by atoms with Crippen LogP contribution in [0.25, 0.3) is 10.2 Å². The molecule has 0 radical (unpaired) electrons. The van der Waals surface area contributed by atoms with Gasteiger partial charge in [0.1, 0.15) is 9.71 Å². The molecule has 0 saturated heterocycles. The first-order valence-corrected chi connectivity index (χ1v) is 10.7. The molecular weight excluding hydrogens is 390 g/mol. The van der Waals surface area contributed by atoms with Crippen molar-refractivity contribution in [3.8, 4) is 0 Å². The Balaban J connectivity index is 1.67. The zero-order chi connectivity index (χ0) is 20.1. The number of nitrogens with zero attached hydrogens (tertiary/aromatic N) is 1. The number of fused-ring (bicyclic) bond motifs is 2. The Labute approximate surface area is 174 Å². The van der Waals surface area contributed by atoms with E-state index in [0.717, 1.165) is 35.2 Å². The zero-order valence-electron chi connectivity index (χ0n) is 16.3. The Kier molecular flexibility index (Phi) is 4.84. The number of hydrogen-bond acceptors (Lipinski definition) is 4. The fraction of sp³-hybridized carbons (Fsp3) is 0.364. The van der Waals surface area contributed by atoms with Gasteiger partial charge in [0.2, 0.25) is 0 Å². The normalized spacial score (nSPS) is 16.8. The van der Waals surface area contributed by atoms with Crippen molar-refractivity contribution in [1.82, 2.24) is 4.98 Å². The summed E-state index contributed by atoms with van der Waals surface area (Å²) in [5, 5.41) is 4.33. The fourth-order valence-electron chi connectivity index (χ4n) is 3.85. The number of thiophene rings is 1. The van der Waals surface area contributed by atoms with Crippen LogP contribution in [0, 0.1) is 11.3 Å². The molecule has 6 heteroatoms. The van der Waals surface area contributed by atoms with Gasteiger partial charge in [-0.25, -0.2) is 4.98 Å². The van der Waals surface area contributed by atoms with Crippen molar-refractivity contribution in [3.05, 3.63) is 51.5 Å².